The van der Waals surface area contributed by atoms with E-state index in [1.807, 2.05) is 0 Å². The monoisotopic (exact) mass is 311 g/mol. The molecule has 1 aliphatic heterocycles. The van der Waals surface area contributed by atoms with Crippen LogP contribution in [0.3, 0.4) is 0 Å². The number of hydrogen-bond acceptors (Lipinski definition) is 2. The van der Waals surface area contributed by atoms with Gasteiger partial charge in [0.25, 0.3) is 0 Å². The van der Waals surface area contributed by atoms with Crippen LogP contribution in [-0.4, -0.2) is 48.6 Å². The number of urea groups is 1. The van der Waals surface area contributed by atoms with Crippen LogP contribution in [0.4, 0.5) is 4.79 Å². The van der Waals surface area contributed by atoms with E-state index in [4.69, 9.17) is 6.42 Å². The number of nitrogens with one attached hydrogen (secondary N) is 1. The Bertz CT molecular complexity index is 609. The summed E-state index contributed by atoms with van der Waals surface area (Å²) in [6, 6.07) is 10.7. The minimum atomic E-state index is -0.109. The molecule has 2 fully saturated rings. The van der Waals surface area contributed by atoms with Crippen LogP contribution in [0.1, 0.15) is 31.2 Å². The lowest BCUT2D eigenvalue weighted by Gasteiger charge is -2.48. The van der Waals surface area contributed by atoms with Crippen molar-refractivity contribution in [3.63, 3.8) is 0 Å². The first-order valence-electron chi connectivity index (χ1n) is 8.25. The number of rotatable bonds is 3. The number of hydrogen-bond donors (Lipinski definition) is 1. The average molecular weight is 311 g/mol. The van der Waals surface area contributed by atoms with Gasteiger partial charge in [-0.2, -0.15) is 0 Å². The molecule has 4 heteroatoms. The first-order chi connectivity index (χ1) is 11.0. The fourth-order valence-corrected chi connectivity index (χ4v) is 4.19. The highest BCUT2D eigenvalue weighted by Gasteiger charge is 2.49. The van der Waals surface area contributed by atoms with Gasteiger partial charge in [0.1, 0.15) is 0 Å². The van der Waals surface area contributed by atoms with E-state index in [1.165, 1.54) is 5.56 Å². The highest BCUT2D eigenvalue weighted by atomic mass is 16.2. The number of terminal acetylenes is 1. The molecule has 1 saturated carbocycles. The van der Waals surface area contributed by atoms with Gasteiger partial charge in [0, 0.05) is 12.1 Å². The van der Waals surface area contributed by atoms with Crippen molar-refractivity contribution in [3.05, 3.63) is 35.9 Å². The maximum Gasteiger partial charge on any atom is 0.318 e. The Morgan fingerprint density at radius 1 is 1.22 bits per heavy atom. The van der Waals surface area contributed by atoms with Gasteiger partial charge in [-0.1, -0.05) is 36.3 Å². The topological polar surface area (TPSA) is 35.6 Å². The summed E-state index contributed by atoms with van der Waals surface area (Å²) in [5.74, 6) is 2.58. The van der Waals surface area contributed by atoms with Gasteiger partial charge in [-0.3, -0.25) is 4.90 Å². The molecule has 122 valence electrons. The van der Waals surface area contributed by atoms with Gasteiger partial charge in [0.15, 0.2) is 0 Å². The van der Waals surface area contributed by atoms with Gasteiger partial charge in [-0.15, -0.1) is 6.42 Å². The SMILES string of the molecule is C#CCN1CC2(CCC(c3ccccc3)(N(C)C)CC2)NC1=O. The van der Waals surface area contributed by atoms with E-state index in [9.17, 15) is 4.79 Å². The normalized spacial score (nSPS) is 30.5. The molecule has 2 amide bonds. The number of carbonyl (C=O) groups excluding carboxylic acids is 1. The molecular weight excluding hydrogens is 286 g/mol. The Balaban J connectivity index is 1.79. The second-order valence-electron chi connectivity index (χ2n) is 7.06. The predicted molar refractivity (Wildman–Crippen MR) is 91.9 cm³/mol. The van der Waals surface area contributed by atoms with E-state index < -0.39 is 0 Å². The number of amides is 2. The standard InChI is InChI=1S/C19H25N3O/c1-4-14-22-15-18(20-17(22)23)10-12-19(13-11-18,21(2)3)16-8-6-5-7-9-16/h1,5-9H,10-15H2,2-3H3,(H,20,23). The summed E-state index contributed by atoms with van der Waals surface area (Å²) < 4.78 is 0. The van der Waals surface area contributed by atoms with Crippen molar-refractivity contribution >= 4 is 6.03 Å². The van der Waals surface area contributed by atoms with Crippen molar-refractivity contribution in [3.8, 4) is 12.3 Å². The summed E-state index contributed by atoms with van der Waals surface area (Å²) in [6.45, 7) is 1.12. The zero-order valence-electron chi connectivity index (χ0n) is 14.0. The Morgan fingerprint density at radius 3 is 2.43 bits per heavy atom. The molecule has 1 N–H and O–H groups in total. The molecule has 1 saturated heterocycles. The second kappa shape index (κ2) is 5.90. The average Bonchev–Trinajstić information content (AvgIpc) is 2.85. The zero-order valence-corrected chi connectivity index (χ0v) is 14.0. The number of carbonyl (C=O) groups is 1. The Morgan fingerprint density at radius 2 is 1.87 bits per heavy atom. The summed E-state index contributed by atoms with van der Waals surface area (Å²) in [7, 11) is 4.31. The van der Waals surface area contributed by atoms with Crippen molar-refractivity contribution in [2.24, 2.45) is 0 Å². The first kappa shape index (κ1) is 15.9. The molecule has 1 aliphatic carbocycles. The second-order valence-corrected chi connectivity index (χ2v) is 7.06. The predicted octanol–water partition coefficient (Wildman–Crippen LogP) is 2.41. The van der Waals surface area contributed by atoms with Gasteiger partial charge in [0.05, 0.1) is 12.1 Å². The van der Waals surface area contributed by atoms with E-state index >= 15 is 0 Å². The molecule has 0 atom stereocenters. The van der Waals surface area contributed by atoms with Crippen LogP contribution in [0.15, 0.2) is 30.3 Å². The molecule has 0 radical (unpaired) electrons. The molecule has 0 aromatic heterocycles. The van der Waals surface area contributed by atoms with Gasteiger partial charge in [-0.05, 0) is 45.3 Å². The molecule has 3 rings (SSSR count). The molecule has 0 bridgehead atoms. The third kappa shape index (κ3) is 2.70. The van der Waals surface area contributed by atoms with Crippen LogP contribution in [0.25, 0.3) is 0 Å². The maximum atomic E-state index is 12.1. The fraction of sp³-hybridized carbons (Fsp3) is 0.526. The summed E-state index contributed by atoms with van der Waals surface area (Å²) in [5.41, 5.74) is 1.31. The minimum Gasteiger partial charge on any atom is -0.331 e. The summed E-state index contributed by atoms with van der Waals surface area (Å²) in [5, 5.41) is 3.21. The number of benzene rings is 1. The summed E-state index contributed by atoms with van der Waals surface area (Å²) in [6.07, 6.45) is 9.40. The van der Waals surface area contributed by atoms with Crippen LogP contribution < -0.4 is 5.32 Å². The molecule has 4 nitrogen and oxygen atoms in total. The van der Waals surface area contributed by atoms with E-state index in [1.54, 1.807) is 4.90 Å². The Kier molecular flexibility index (Phi) is 4.08. The zero-order chi connectivity index (χ0) is 16.5. The minimum absolute atomic E-state index is 0.0139. The molecule has 0 unspecified atom stereocenters. The summed E-state index contributed by atoms with van der Waals surface area (Å²) in [4.78, 5) is 16.2. The first-order valence-corrected chi connectivity index (χ1v) is 8.25. The third-order valence-electron chi connectivity index (χ3n) is 5.64. The van der Waals surface area contributed by atoms with E-state index in [-0.39, 0.29) is 17.1 Å². The summed E-state index contributed by atoms with van der Waals surface area (Å²) >= 11 is 0. The highest BCUT2D eigenvalue weighted by Crippen LogP contribution is 2.45. The molecule has 1 aromatic carbocycles. The van der Waals surface area contributed by atoms with E-state index in [2.05, 4.69) is 60.6 Å². The quantitative estimate of drug-likeness (QED) is 0.870. The van der Waals surface area contributed by atoms with Crippen LogP contribution >= 0.6 is 0 Å². The third-order valence-corrected chi connectivity index (χ3v) is 5.64. The van der Waals surface area contributed by atoms with Gasteiger partial charge < -0.3 is 10.2 Å². The molecule has 1 heterocycles. The molecular formula is C19H25N3O. The van der Waals surface area contributed by atoms with Crippen LogP contribution in [0.2, 0.25) is 0 Å². The van der Waals surface area contributed by atoms with Gasteiger partial charge in [0.2, 0.25) is 0 Å². The molecule has 23 heavy (non-hydrogen) atoms. The Hall–Kier alpha value is -1.99. The lowest BCUT2D eigenvalue weighted by Crippen LogP contribution is -2.54. The smallest absolute Gasteiger partial charge is 0.318 e. The molecule has 2 aliphatic rings. The van der Waals surface area contributed by atoms with Crippen molar-refractivity contribution in [2.45, 2.75) is 36.8 Å². The molecule has 1 aromatic rings. The lowest BCUT2D eigenvalue weighted by atomic mass is 9.69. The van der Waals surface area contributed by atoms with E-state index in [0.29, 0.717) is 6.54 Å². The van der Waals surface area contributed by atoms with Crippen LogP contribution in [0.5, 0.6) is 0 Å². The maximum absolute atomic E-state index is 12.1. The van der Waals surface area contributed by atoms with Crippen LogP contribution in [0, 0.1) is 12.3 Å². The molecule has 1 spiro atoms. The van der Waals surface area contributed by atoms with Crippen molar-refractivity contribution < 1.29 is 4.79 Å². The van der Waals surface area contributed by atoms with Crippen molar-refractivity contribution in [1.82, 2.24) is 15.1 Å². The van der Waals surface area contributed by atoms with Gasteiger partial charge in [-0.25, -0.2) is 4.79 Å². The van der Waals surface area contributed by atoms with Crippen molar-refractivity contribution in [2.75, 3.05) is 27.2 Å². The van der Waals surface area contributed by atoms with E-state index in [0.717, 1.165) is 32.2 Å². The Labute approximate surface area is 138 Å². The fourth-order valence-electron chi connectivity index (χ4n) is 4.19. The van der Waals surface area contributed by atoms with Crippen molar-refractivity contribution in [1.29, 1.82) is 0 Å². The largest absolute Gasteiger partial charge is 0.331 e. The van der Waals surface area contributed by atoms with Crippen LogP contribution in [-0.2, 0) is 5.54 Å². The number of nitrogens with zero attached hydrogens (tertiary/aromatic N) is 2. The highest BCUT2D eigenvalue weighted by molar-refractivity contribution is 5.78. The van der Waals surface area contributed by atoms with Gasteiger partial charge >= 0.3 is 6.03 Å². The lowest BCUT2D eigenvalue weighted by molar-refractivity contribution is 0.0624.